The van der Waals surface area contributed by atoms with Gasteiger partial charge in [-0.05, 0) is 33.4 Å². The van der Waals surface area contributed by atoms with Gasteiger partial charge in [0.15, 0.2) is 0 Å². The second-order valence-electron chi connectivity index (χ2n) is 5.80. The van der Waals surface area contributed by atoms with Crippen LogP contribution < -0.4 is 0 Å². The first-order chi connectivity index (χ1) is 8.66. The summed E-state index contributed by atoms with van der Waals surface area (Å²) < 4.78 is 0. The van der Waals surface area contributed by atoms with Crippen molar-refractivity contribution in [1.82, 2.24) is 14.7 Å². The largest absolute Gasteiger partial charge is 0.304 e. The van der Waals surface area contributed by atoms with E-state index in [2.05, 4.69) is 21.7 Å². The normalized spacial score (nSPS) is 28.4. The molecule has 1 atom stereocenters. The van der Waals surface area contributed by atoms with Crippen LogP contribution in [0.5, 0.6) is 0 Å². The molecule has 0 aromatic rings. The van der Waals surface area contributed by atoms with Gasteiger partial charge in [-0.15, -0.1) is 0 Å². The van der Waals surface area contributed by atoms with Crippen molar-refractivity contribution in [2.24, 2.45) is 0 Å². The predicted octanol–water partition coefficient (Wildman–Crippen LogP) is 0.677. The molecule has 0 aromatic carbocycles. The fraction of sp³-hybridized carbons (Fsp3) is 0.929. The molecule has 4 nitrogen and oxygen atoms in total. The lowest BCUT2D eigenvalue weighted by atomic mass is 9.99. The summed E-state index contributed by atoms with van der Waals surface area (Å²) in [4.78, 5) is 19.0. The van der Waals surface area contributed by atoms with Crippen molar-refractivity contribution in [2.75, 3.05) is 52.9 Å². The first kappa shape index (κ1) is 14.0. The van der Waals surface area contributed by atoms with Crippen LogP contribution in [-0.4, -0.2) is 79.4 Å². The Kier molecular flexibility index (Phi) is 5.15. The molecule has 0 N–H and O–H groups in total. The van der Waals surface area contributed by atoms with Crippen LogP contribution in [0.1, 0.15) is 26.2 Å². The maximum absolute atomic E-state index is 11.6. The van der Waals surface area contributed by atoms with E-state index in [0.717, 1.165) is 26.1 Å². The summed E-state index contributed by atoms with van der Waals surface area (Å²) in [6, 6.07) is 0.200. The van der Waals surface area contributed by atoms with E-state index in [1.165, 1.54) is 39.0 Å². The van der Waals surface area contributed by atoms with Crippen LogP contribution in [0.4, 0.5) is 0 Å². The number of likely N-dealkylation sites (tertiary alicyclic amines) is 1. The van der Waals surface area contributed by atoms with E-state index >= 15 is 0 Å². The molecule has 18 heavy (non-hydrogen) atoms. The Morgan fingerprint density at radius 2 is 1.78 bits per heavy atom. The summed E-state index contributed by atoms with van der Waals surface area (Å²) >= 11 is 0. The van der Waals surface area contributed by atoms with Crippen molar-refractivity contribution in [3.05, 3.63) is 0 Å². The highest BCUT2D eigenvalue weighted by Crippen LogP contribution is 2.17. The fourth-order valence-corrected chi connectivity index (χ4v) is 3.06. The average molecular weight is 253 g/mol. The molecule has 2 heterocycles. The van der Waals surface area contributed by atoms with Crippen LogP contribution in [0, 0.1) is 0 Å². The Morgan fingerprint density at radius 3 is 2.44 bits per heavy atom. The molecule has 2 saturated heterocycles. The minimum absolute atomic E-state index is 0.200. The topological polar surface area (TPSA) is 26.8 Å². The zero-order valence-corrected chi connectivity index (χ0v) is 11.9. The number of nitrogens with zero attached hydrogens (tertiary/aromatic N) is 3. The van der Waals surface area contributed by atoms with Crippen LogP contribution in [0.25, 0.3) is 0 Å². The summed E-state index contributed by atoms with van der Waals surface area (Å²) in [7, 11) is 2.19. The number of hydrogen-bond donors (Lipinski definition) is 0. The number of piperazine rings is 1. The highest BCUT2D eigenvalue weighted by molar-refractivity contribution is 5.81. The number of likely N-dealkylation sites (N-methyl/N-ethyl adjacent to an activating group) is 1. The third-order valence-corrected chi connectivity index (χ3v) is 4.38. The summed E-state index contributed by atoms with van der Waals surface area (Å²) in [5, 5.41) is 0. The van der Waals surface area contributed by atoms with E-state index in [4.69, 9.17) is 0 Å². The van der Waals surface area contributed by atoms with Gasteiger partial charge in [-0.2, -0.15) is 0 Å². The molecular weight excluding hydrogens is 226 g/mol. The number of ketones is 1. The number of piperidine rings is 1. The molecule has 0 amide bonds. The molecule has 0 radical (unpaired) electrons. The third kappa shape index (κ3) is 3.77. The second kappa shape index (κ2) is 6.64. The van der Waals surface area contributed by atoms with Gasteiger partial charge in [-0.1, -0.05) is 6.42 Å². The standard InChI is InChI=1S/C14H27N3O/c1-13(18)14-5-3-4-6-17(14)12-11-16-9-7-15(2)8-10-16/h14H,3-12H2,1-2H3. The van der Waals surface area contributed by atoms with E-state index in [0.29, 0.717) is 5.78 Å². The Bertz CT molecular complexity index is 274. The molecule has 104 valence electrons. The molecule has 0 spiro atoms. The lowest BCUT2D eigenvalue weighted by Gasteiger charge is -2.37. The van der Waals surface area contributed by atoms with Gasteiger partial charge in [-0.3, -0.25) is 14.6 Å². The van der Waals surface area contributed by atoms with Crippen LogP contribution in [-0.2, 0) is 4.79 Å². The molecule has 0 aromatic heterocycles. The number of carbonyl (C=O) groups excluding carboxylic acids is 1. The second-order valence-corrected chi connectivity index (χ2v) is 5.80. The van der Waals surface area contributed by atoms with Gasteiger partial charge in [0.25, 0.3) is 0 Å². The van der Waals surface area contributed by atoms with Gasteiger partial charge in [0.1, 0.15) is 5.78 Å². The lowest BCUT2D eigenvalue weighted by molar-refractivity contribution is -0.123. The summed E-state index contributed by atoms with van der Waals surface area (Å²) in [6.45, 7) is 9.75. The zero-order chi connectivity index (χ0) is 13.0. The van der Waals surface area contributed by atoms with Crippen LogP contribution >= 0.6 is 0 Å². The minimum Gasteiger partial charge on any atom is -0.304 e. The van der Waals surface area contributed by atoms with Gasteiger partial charge < -0.3 is 4.90 Å². The number of hydrogen-bond acceptors (Lipinski definition) is 4. The lowest BCUT2D eigenvalue weighted by Crippen LogP contribution is -2.50. The van der Waals surface area contributed by atoms with Gasteiger partial charge in [0.2, 0.25) is 0 Å². The Balaban J connectivity index is 1.75. The molecule has 4 heteroatoms. The summed E-state index contributed by atoms with van der Waals surface area (Å²) in [5.41, 5.74) is 0. The predicted molar refractivity (Wildman–Crippen MR) is 73.8 cm³/mol. The van der Waals surface area contributed by atoms with Gasteiger partial charge >= 0.3 is 0 Å². The Morgan fingerprint density at radius 1 is 1.06 bits per heavy atom. The number of rotatable bonds is 4. The van der Waals surface area contributed by atoms with E-state index < -0.39 is 0 Å². The van der Waals surface area contributed by atoms with E-state index in [1.54, 1.807) is 6.92 Å². The molecule has 0 aliphatic carbocycles. The molecular formula is C14H27N3O. The maximum Gasteiger partial charge on any atom is 0.146 e. The highest BCUT2D eigenvalue weighted by atomic mass is 16.1. The Labute approximate surface area is 111 Å². The fourth-order valence-electron chi connectivity index (χ4n) is 3.06. The maximum atomic E-state index is 11.6. The molecule has 2 rings (SSSR count). The van der Waals surface area contributed by atoms with Crippen molar-refractivity contribution < 1.29 is 4.79 Å². The summed E-state index contributed by atoms with van der Waals surface area (Å²) in [5.74, 6) is 0.355. The Hall–Kier alpha value is -0.450. The molecule has 2 aliphatic rings. The molecule has 2 aliphatic heterocycles. The van der Waals surface area contributed by atoms with Crippen LogP contribution in [0.15, 0.2) is 0 Å². The molecule has 0 bridgehead atoms. The third-order valence-electron chi connectivity index (χ3n) is 4.38. The van der Waals surface area contributed by atoms with Gasteiger partial charge in [0, 0.05) is 39.3 Å². The van der Waals surface area contributed by atoms with E-state index in [-0.39, 0.29) is 6.04 Å². The van der Waals surface area contributed by atoms with Gasteiger partial charge in [-0.25, -0.2) is 0 Å². The molecule has 1 unspecified atom stereocenters. The average Bonchev–Trinajstić information content (AvgIpc) is 2.38. The van der Waals surface area contributed by atoms with E-state index in [9.17, 15) is 4.79 Å². The van der Waals surface area contributed by atoms with Gasteiger partial charge in [0.05, 0.1) is 6.04 Å². The number of Topliss-reactive ketones (excluding diaryl/α,β-unsaturated/α-hetero) is 1. The van der Waals surface area contributed by atoms with E-state index in [1.807, 2.05) is 0 Å². The van der Waals surface area contributed by atoms with Crippen molar-refractivity contribution in [1.29, 1.82) is 0 Å². The minimum atomic E-state index is 0.200. The van der Waals surface area contributed by atoms with Crippen molar-refractivity contribution in [2.45, 2.75) is 32.2 Å². The quantitative estimate of drug-likeness (QED) is 0.736. The SMILES string of the molecule is CC(=O)C1CCCCN1CCN1CCN(C)CC1. The first-order valence-electron chi connectivity index (χ1n) is 7.32. The first-order valence-corrected chi connectivity index (χ1v) is 7.32. The smallest absolute Gasteiger partial charge is 0.146 e. The van der Waals surface area contributed by atoms with Crippen molar-refractivity contribution in [3.8, 4) is 0 Å². The number of carbonyl (C=O) groups is 1. The van der Waals surface area contributed by atoms with Crippen molar-refractivity contribution in [3.63, 3.8) is 0 Å². The molecule has 0 saturated carbocycles. The van der Waals surface area contributed by atoms with Crippen LogP contribution in [0.2, 0.25) is 0 Å². The summed E-state index contributed by atoms with van der Waals surface area (Å²) in [6.07, 6.45) is 3.54. The van der Waals surface area contributed by atoms with Crippen LogP contribution in [0.3, 0.4) is 0 Å². The zero-order valence-electron chi connectivity index (χ0n) is 11.9. The monoisotopic (exact) mass is 253 g/mol. The molecule has 2 fully saturated rings. The highest BCUT2D eigenvalue weighted by Gasteiger charge is 2.26. The van der Waals surface area contributed by atoms with Crippen molar-refractivity contribution >= 4 is 5.78 Å².